The van der Waals surface area contributed by atoms with Crippen molar-refractivity contribution in [2.75, 3.05) is 13.7 Å². The second kappa shape index (κ2) is 7.89. The lowest BCUT2D eigenvalue weighted by molar-refractivity contribution is -0.166. The van der Waals surface area contributed by atoms with Gasteiger partial charge in [-0.3, -0.25) is 9.59 Å². The highest BCUT2D eigenvalue weighted by Gasteiger charge is 2.48. The molecule has 27 heavy (non-hydrogen) atoms. The Morgan fingerprint density at radius 2 is 1.89 bits per heavy atom. The number of hydrogen-bond donors (Lipinski definition) is 1. The van der Waals surface area contributed by atoms with Crippen LogP contribution in [0.25, 0.3) is 0 Å². The number of nitrogens with one attached hydrogen (secondary N) is 1. The van der Waals surface area contributed by atoms with E-state index in [2.05, 4.69) is 19.2 Å². The van der Waals surface area contributed by atoms with E-state index in [-0.39, 0.29) is 30.0 Å². The zero-order chi connectivity index (χ0) is 19.6. The summed E-state index contributed by atoms with van der Waals surface area (Å²) in [5.74, 6) is 0.543. The van der Waals surface area contributed by atoms with E-state index in [1.165, 1.54) is 0 Å². The van der Waals surface area contributed by atoms with E-state index in [0.29, 0.717) is 0 Å². The number of benzene rings is 1. The molecule has 0 bridgehead atoms. The van der Waals surface area contributed by atoms with Gasteiger partial charge in [-0.2, -0.15) is 0 Å². The molecular weight excluding hydrogens is 344 g/mol. The van der Waals surface area contributed by atoms with E-state index in [0.717, 1.165) is 37.0 Å². The van der Waals surface area contributed by atoms with Gasteiger partial charge in [0.15, 0.2) is 6.10 Å². The fourth-order valence-corrected chi connectivity index (χ4v) is 3.56. The summed E-state index contributed by atoms with van der Waals surface area (Å²) < 4.78 is 11.0. The highest BCUT2D eigenvalue weighted by atomic mass is 16.5. The fourth-order valence-electron chi connectivity index (χ4n) is 3.56. The molecule has 0 unspecified atom stereocenters. The first-order valence-corrected chi connectivity index (χ1v) is 9.81. The van der Waals surface area contributed by atoms with Crippen molar-refractivity contribution in [1.29, 1.82) is 0 Å². The number of rotatable bonds is 7. The van der Waals surface area contributed by atoms with Crippen LogP contribution in [0.1, 0.15) is 58.1 Å². The van der Waals surface area contributed by atoms with Crippen molar-refractivity contribution in [3.05, 3.63) is 29.8 Å². The minimum absolute atomic E-state index is 0.0453. The summed E-state index contributed by atoms with van der Waals surface area (Å²) in [7, 11) is 1.62. The number of hydrogen-bond acceptors (Lipinski definition) is 4. The summed E-state index contributed by atoms with van der Waals surface area (Å²) in [6.45, 7) is 6.12. The standard InChI is InChI=1S/C21H30N2O4/c1-5-21(3,6-2)22-20(25)19-18(14-7-11-16(26-4)12-8-14)23(15-9-10-15)17(24)13-27-19/h7-8,11-12,15,18-19H,5-6,9-10,13H2,1-4H3,(H,22,25)/t18-,19+/m1/s1. The molecule has 3 rings (SSSR count). The van der Waals surface area contributed by atoms with E-state index < -0.39 is 12.1 Å². The van der Waals surface area contributed by atoms with Crippen molar-refractivity contribution in [3.63, 3.8) is 0 Å². The maximum absolute atomic E-state index is 13.1. The number of ether oxygens (including phenoxy) is 2. The molecule has 0 spiro atoms. The molecule has 1 aromatic carbocycles. The van der Waals surface area contributed by atoms with Gasteiger partial charge in [0.05, 0.1) is 13.2 Å². The van der Waals surface area contributed by atoms with Crippen molar-refractivity contribution < 1.29 is 19.1 Å². The molecule has 2 fully saturated rings. The SMILES string of the molecule is CCC(C)(CC)NC(=O)[C@H]1OCC(=O)N(C2CC2)[C@@H]1c1ccc(OC)cc1. The Kier molecular flexibility index (Phi) is 5.75. The van der Waals surface area contributed by atoms with Crippen LogP contribution >= 0.6 is 0 Å². The molecule has 1 saturated carbocycles. The van der Waals surface area contributed by atoms with Gasteiger partial charge in [-0.05, 0) is 50.3 Å². The Morgan fingerprint density at radius 1 is 1.26 bits per heavy atom. The second-order valence-electron chi connectivity index (χ2n) is 7.74. The molecule has 2 atom stereocenters. The van der Waals surface area contributed by atoms with E-state index in [1.54, 1.807) is 7.11 Å². The third-order valence-electron chi connectivity index (χ3n) is 5.90. The molecule has 6 nitrogen and oxygen atoms in total. The van der Waals surface area contributed by atoms with Crippen molar-refractivity contribution in [2.24, 2.45) is 0 Å². The first kappa shape index (κ1) is 19.7. The normalized spacial score (nSPS) is 23.3. The summed E-state index contributed by atoms with van der Waals surface area (Å²) in [6, 6.07) is 7.34. The molecule has 1 heterocycles. The van der Waals surface area contributed by atoms with Crippen molar-refractivity contribution in [1.82, 2.24) is 10.2 Å². The number of morpholine rings is 1. The van der Waals surface area contributed by atoms with Crippen LogP contribution in [0.3, 0.4) is 0 Å². The van der Waals surface area contributed by atoms with Crippen LogP contribution in [0.2, 0.25) is 0 Å². The van der Waals surface area contributed by atoms with Crippen molar-refractivity contribution in [2.45, 2.75) is 70.2 Å². The molecule has 1 aromatic rings. The van der Waals surface area contributed by atoms with Crippen molar-refractivity contribution in [3.8, 4) is 5.75 Å². The van der Waals surface area contributed by atoms with Crippen LogP contribution in [0, 0.1) is 0 Å². The predicted octanol–water partition coefficient (Wildman–Crippen LogP) is 2.82. The van der Waals surface area contributed by atoms with E-state index in [9.17, 15) is 9.59 Å². The third kappa shape index (κ3) is 4.10. The average Bonchev–Trinajstić information content (AvgIpc) is 3.52. The number of carbonyl (C=O) groups excluding carboxylic acids is 2. The molecular formula is C21H30N2O4. The highest BCUT2D eigenvalue weighted by molar-refractivity contribution is 5.87. The number of nitrogens with zero attached hydrogens (tertiary/aromatic N) is 1. The predicted molar refractivity (Wildman–Crippen MR) is 102 cm³/mol. The molecule has 1 aliphatic heterocycles. The minimum atomic E-state index is -0.714. The minimum Gasteiger partial charge on any atom is -0.497 e. The van der Waals surface area contributed by atoms with Crippen LogP contribution in [-0.2, 0) is 14.3 Å². The third-order valence-corrected chi connectivity index (χ3v) is 5.90. The van der Waals surface area contributed by atoms with Crippen LogP contribution in [0.15, 0.2) is 24.3 Å². The maximum Gasteiger partial charge on any atom is 0.252 e. The molecule has 1 saturated heterocycles. The lowest BCUT2D eigenvalue weighted by Gasteiger charge is -2.42. The molecule has 2 amide bonds. The van der Waals surface area contributed by atoms with Crippen LogP contribution < -0.4 is 10.1 Å². The molecule has 6 heteroatoms. The lowest BCUT2D eigenvalue weighted by Crippen LogP contribution is -2.58. The molecule has 148 valence electrons. The number of carbonyl (C=O) groups is 2. The Balaban J connectivity index is 1.92. The number of methoxy groups -OCH3 is 1. The number of amides is 2. The largest absolute Gasteiger partial charge is 0.497 e. The van der Waals surface area contributed by atoms with Gasteiger partial charge in [0.1, 0.15) is 12.4 Å². The maximum atomic E-state index is 13.1. The Morgan fingerprint density at radius 3 is 2.41 bits per heavy atom. The second-order valence-corrected chi connectivity index (χ2v) is 7.74. The molecule has 2 aliphatic rings. The summed E-state index contributed by atoms with van der Waals surface area (Å²) in [6.07, 6.45) is 2.91. The highest BCUT2D eigenvalue weighted by Crippen LogP contribution is 2.40. The van der Waals surface area contributed by atoms with Gasteiger partial charge in [0.25, 0.3) is 5.91 Å². The lowest BCUT2D eigenvalue weighted by atomic mass is 9.92. The first-order chi connectivity index (χ1) is 12.9. The van der Waals surface area contributed by atoms with E-state index in [4.69, 9.17) is 9.47 Å². The Hall–Kier alpha value is -2.08. The summed E-state index contributed by atoms with van der Waals surface area (Å²) in [4.78, 5) is 27.6. The van der Waals surface area contributed by atoms with E-state index in [1.807, 2.05) is 36.1 Å². The van der Waals surface area contributed by atoms with Gasteiger partial charge in [-0.25, -0.2) is 0 Å². The fraction of sp³-hybridized carbons (Fsp3) is 0.619. The van der Waals surface area contributed by atoms with Gasteiger partial charge in [0, 0.05) is 11.6 Å². The smallest absolute Gasteiger partial charge is 0.252 e. The molecule has 0 aromatic heterocycles. The van der Waals surface area contributed by atoms with Gasteiger partial charge in [-0.15, -0.1) is 0 Å². The van der Waals surface area contributed by atoms with Gasteiger partial charge in [0.2, 0.25) is 5.91 Å². The van der Waals surface area contributed by atoms with Crippen LogP contribution in [-0.4, -0.2) is 48.1 Å². The van der Waals surface area contributed by atoms with Gasteiger partial charge < -0.3 is 19.7 Å². The quantitative estimate of drug-likeness (QED) is 0.797. The van der Waals surface area contributed by atoms with Crippen LogP contribution in [0.5, 0.6) is 5.75 Å². The van der Waals surface area contributed by atoms with E-state index >= 15 is 0 Å². The van der Waals surface area contributed by atoms with Gasteiger partial charge in [-0.1, -0.05) is 26.0 Å². The summed E-state index contributed by atoms with van der Waals surface area (Å²) in [5.41, 5.74) is 0.613. The van der Waals surface area contributed by atoms with Gasteiger partial charge >= 0.3 is 0 Å². The summed E-state index contributed by atoms with van der Waals surface area (Å²) >= 11 is 0. The Labute approximate surface area is 161 Å². The molecule has 0 radical (unpaired) electrons. The zero-order valence-corrected chi connectivity index (χ0v) is 16.7. The zero-order valence-electron chi connectivity index (χ0n) is 16.7. The first-order valence-electron chi connectivity index (χ1n) is 9.81. The Bertz CT molecular complexity index is 680. The monoisotopic (exact) mass is 374 g/mol. The molecule has 1 aliphatic carbocycles. The van der Waals surface area contributed by atoms with Crippen LogP contribution in [0.4, 0.5) is 0 Å². The topological polar surface area (TPSA) is 67.9 Å². The van der Waals surface area contributed by atoms with Crippen molar-refractivity contribution >= 4 is 11.8 Å². The molecule has 1 N–H and O–H groups in total. The summed E-state index contributed by atoms with van der Waals surface area (Å²) in [5, 5.41) is 3.15. The average molecular weight is 374 g/mol.